The number of carbonyl (C=O) groups excluding carboxylic acids is 1. The Kier molecular flexibility index (Phi) is 5.50. The van der Waals surface area contributed by atoms with Crippen molar-refractivity contribution in [3.8, 4) is 5.75 Å². The highest BCUT2D eigenvalue weighted by molar-refractivity contribution is 5.75. The third kappa shape index (κ3) is 3.83. The highest BCUT2D eigenvalue weighted by atomic mass is 16.5. The molecule has 2 aromatic rings. The van der Waals surface area contributed by atoms with Crippen molar-refractivity contribution in [2.75, 3.05) is 47.4 Å². The summed E-state index contributed by atoms with van der Waals surface area (Å²) in [5.41, 5.74) is 2.39. The first-order valence-electron chi connectivity index (χ1n) is 10.3. The number of fused-ring (bicyclic) bond motifs is 1. The zero-order chi connectivity index (χ0) is 20.5. The van der Waals surface area contributed by atoms with Crippen LogP contribution in [0.25, 0.3) is 0 Å². The number of ether oxygens (including phenoxy) is 1. The number of likely N-dealkylation sites (tertiary alicyclic amines) is 2. The summed E-state index contributed by atoms with van der Waals surface area (Å²) in [5, 5.41) is 4.40. The molecule has 7 heteroatoms. The summed E-state index contributed by atoms with van der Waals surface area (Å²) >= 11 is 0. The third-order valence-electron chi connectivity index (χ3n) is 6.38. The lowest BCUT2D eigenvalue weighted by Crippen LogP contribution is -2.41. The molecule has 4 rings (SSSR count). The van der Waals surface area contributed by atoms with Crippen molar-refractivity contribution in [3.63, 3.8) is 0 Å². The second kappa shape index (κ2) is 8.06. The molecule has 29 heavy (non-hydrogen) atoms. The summed E-state index contributed by atoms with van der Waals surface area (Å²) < 4.78 is 7.39. The molecule has 2 aliphatic rings. The topological polar surface area (TPSA) is 53.8 Å². The van der Waals surface area contributed by atoms with Crippen LogP contribution in [0.2, 0.25) is 0 Å². The molecule has 3 atom stereocenters. The Labute approximate surface area is 172 Å². The number of hydrogen-bond acceptors (Lipinski definition) is 4. The first kappa shape index (κ1) is 19.8. The van der Waals surface area contributed by atoms with E-state index in [4.69, 9.17) is 4.74 Å². The van der Waals surface area contributed by atoms with E-state index in [1.807, 2.05) is 38.5 Å². The first-order chi connectivity index (χ1) is 14.0. The Morgan fingerprint density at radius 1 is 1.14 bits per heavy atom. The molecule has 2 fully saturated rings. The number of urea groups is 1. The number of rotatable bonds is 5. The van der Waals surface area contributed by atoms with Crippen LogP contribution in [0.4, 0.5) is 4.79 Å². The van der Waals surface area contributed by atoms with Crippen LogP contribution in [-0.2, 0) is 6.54 Å². The molecule has 3 heterocycles. The van der Waals surface area contributed by atoms with Crippen LogP contribution in [0, 0.1) is 18.8 Å². The summed E-state index contributed by atoms with van der Waals surface area (Å²) in [6.45, 7) is 6.86. The van der Waals surface area contributed by atoms with Gasteiger partial charge in [0.1, 0.15) is 5.75 Å². The summed E-state index contributed by atoms with van der Waals surface area (Å²) in [5.74, 6) is 1.80. The number of aryl methyl sites for hydroxylation is 1. The van der Waals surface area contributed by atoms with Crippen LogP contribution in [0.1, 0.15) is 17.3 Å². The average Bonchev–Trinajstić information content (AvgIpc) is 3.39. The van der Waals surface area contributed by atoms with Crippen molar-refractivity contribution in [2.24, 2.45) is 11.8 Å². The van der Waals surface area contributed by atoms with Crippen LogP contribution >= 0.6 is 0 Å². The molecule has 2 saturated heterocycles. The van der Waals surface area contributed by atoms with Gasteiger partial charge in [-0.25, -0.2) is 4.79 Å². The van der Waals surface area contributed by atoms with Gasteiger partial charge in [0, 0.05) is 58.1 Å². The number of hydrogen-bond donors (Lipinski definition) is 0. The van der Waals surface area contributed by atoms with E-state index < -0.39 is 0 Å². The van der Waals surface area contributed by atoms with Gasteiger partial charge in [-0.2, -0.15) is 5.10 Å². The Bertz CT molecular complexity index is 847. The van der Waals surface area contributed by atoms with Gasteiger partial charge in [0.2, 0.25) is 0 Å². The molecular weight excluding hydrogens is 366 g/mol. The minimum absolute atomic E-state index is 0.0962. The summed E-state index contributed by atoms with van der Waals surface area (Å²) in [4.78, 5) is 19.2. The van der Waals surface area contributed by atoms with Crippen molar-refractivity contribution in [1.82, 2.24) is 24.5 Å². The largest absolute Gasteiger partial charge is 0.497 e. The maximum atomic E-state index is 12.9. The van der Waals surface area contributed by atoms with Crippen LogP contribution in [0.3, 0.4) is 0 Å². The van der Waals surface area contributed by atoms with E-state index in [9.17, 15) is 4.79 Å². The molecule has 2 amide bonds. The lowest BCUT2D eigenvalue weighted by atomic mass is 9.89. The molecule has 0 aliphatic carbocycles. The van der Waals surface area contributed by atoms with Crippen molar-refractivity contribution in [3.05, 3.63) is 47.8 Å². The number of nitrogens with zero attached hydrogens (tertiary/aromatic N) is 5. The fourth-order valence-corrected chi connectivity index (χ4v) is 4.87. The van der Waals surface area contributed by atoms with Crippen LogP contribution < -0.4 is 4.74 Å². The molecule has 0 bridgehead atoms. The van der Waals surface area contributed by atoms with Gasteiger partial charge in [0.25, 0.3) is 0 Å². The van der Waals surface area contributed by atoms with Gasteiger partial charge in [-0.05, 0) is 36.6 Å². The standard InChI is InChI=1S/C22H31N5O2/c1-16-9-10-23-27(16)12-11-25-13-18-14-26(22(28)24(2)3)21(20(18)15-25)17-5-7-19(29-4)8-6-17/h5-10,18,20-21H,11-15H2,1-4H3/t18-,20-,21+/m1/s1. The Morgan fingerprint density at radius 2 is 1.90 bits per heavy atom. The van der Waals surface area contributed by atoms with Gasteiger partial charge in [-0.3, -0.25) is 4.68 Å². The van der Waals surface area contributed by atoms with Gasteiger partial charge in [0.05, 0.1) is 19.7 Å². The van der Waals surface area contributed by atoms with E-state index in [0.717, 1.165) is 38.5 Å². The molecule has 156 valence electrons. The molecule has 1 aromatic carbocycles. The van der Waals surface area contributed by atoms with Crippen LogP contribution in [0.15, 0.2) is 36.5 Å². The van der Waals surface area contributed by atoms with Crippen LogP contribution in [-0.4, -0.2) is 77.9 Å². The average molecular weight is 398 g/mol. The molecule has 0 radical (unpaired) electrons. The SMILES string of the molecule is COc1ccc([C@H]2[C@@H]3CN(CCn4nccc4C)C[C@@H]3CN2C(=O)N(C)C)cc1. The van der Waals surface area contributed by atoms with Crippen molar-refractivity contribution in [1.29, 1.82) is 0 Å². The molecule has 1 aromatic heterocycles. The van der Waals surface area contributed by atoms with E-state index in [1.165, 1.54) is 11.3 Å². The van der Waals surface area contributed by atoms with Crippen molar-refractivity contribution in [2.45, 2.75) is 19.5 Å². The number of methoxy groups -OCH3 is 1. The minimum Gasteiger partial charge on any atom is -0.497 e. The van der Waals surface area contributed by atoms with E-state index in [1.54, 1.807) is 12.0 Å². The quantitative estimate of drug-likeness (QED) is 0.778. The lowest BCUT2D eigenvalue weighted by Gasteiger charge is -2.32. The van der Waals surface area contributed by atoms with Gasteiger partial charge in [0.15, 0.2) is 0 Å². The van der Waals surface area contributed by atoms with Crippen molar-refractivity contribution >= 4 is 6.03 Å². The van der Waals surface area contributed by atoms with Gasteiger partial charge in [-0.1, -0.05) is 12.1 Å². The molecule has 0 spiro atoms. The highest BCUT2D eigenvalue weighted by Crippen LogP contribution is 2.45. The van der Waals surface area contributed by atoms with E-state index in [0.29, 0.717) is 11.8 Å². The predicted octanol–water partition coefficient (Wildman–Crippen LogP) is 2.49. The summed E-state index contributed by atoms with van der Waals surface area (Å²) in [6.07, 6.45) is 1.86. The maximum absolute atomic E-state index is 12.9. The normalized spacial score (nSPS) is 24.0. The molecule has 7 nitrogen and oxygen atoms in total. The predicted molar refractivity (Wildman–Crippen MR) is 112 cm³/mol. The molecule has 0 unspecified atom stereocenters. The number of carbonyl (C=O) groups is 1. The van der Waals surface area contributed by atoms with Gasteiger partial charge in [-0.15, -0.1) is 0 Å². The van der Waals surface area contributed by atoms with E-state index in [2.05, 4.69) is 38.6 Å². The zero-order valence-corrected chi connectivity index (χ0v) is 17.8. The van der Waals surface area contributed by atoms with Gasteiger partial charge >= 0.3 is 6.03 Å². The van der Waals surface area contributed by atoms with Gasteiger partial charge < -0.3 is 19.4 Å². The molecule has 0 saturated carbocycles. The molecule has 2 aliphatic heterocycles. The number of benzene rings is 1. The zero-order valence-electron chi connectivity index (χ0n) is 17.8. The summed E-state index contributed by atoms with van der Waals surface area (Å²) in [6, 6.07) is 10.5. The van der Waals surface area contributed by atoms with E-state index >= 15 is 0 Å². The Hall–Kier alpha value is -2.54. The minimum atomic E-state index is 0.0962. The fraction of sp³-hybridized carbons (Fsp3) is 0.545. The molecular formula is C22H31N5O2. The third-order valence-corrected chi connectivity index (χ3v) is 6.38. The lowest BCUT2D eigenvalue weighted by molar-refractivity contribution is 0.151. The van der Waals surface area contributed by atoms with E-state index in [-0.39, 0.29) is 12.1 Å². The monoisotopic (exact) mass is 397 g/mol. The number of amides is 2. The number of aromatic nitrogens is 2. The smallest absolute Gasteiger partial charge is 0.320 e. The fourth-order valence-electron chi connectivity index (χ4n) is 4.87. The molecule has 0 N–H and O–H groups in total. The van der Waals surface area contributed by atoms with Crippen molar-refractivity contribution < 1.29 is 9.53 Å². The second-order valence-corrected chi connectivity index (χ2v) is 8.43. The Morgan fingerprint density at radius 3 is 2.52 bits per heavy atom. The second-order valence-electron chi connectivity index (χ2n) is 8.43. The summed E-state index contributed by atoms with van der Waals surface area (Å²) in [7, 11) is 5.35. The maximum Gasteiger partial charge on any atom is 0.320 e. The first-order valence-corrected chi connectivity index (χ1v) is 10.3. The Balaban J connectivity index is 1.51. The highest BCUT2D eigenvalue weighted by Gasteiger charge is 2.49. The van der Waals surface area contributed by atoms with Crippen LogP contribution in [0.5, 0.6) is 5.75 Å².